The average molecular weight is 368 g/mol. The second-order valence-electron chi connectivity index (χ2n) is 5.15. The minimum Gasteiger partial charge on any atom is -0.346 e. The quantitative estimate of drug-likeness (QED) is 0.765. The van der Waals surface area contributed by atoms with Crippen LogP contribution in [0.2, 0.25) is 0 Å². The van der Waals surface area contributed by atoms with Crippen LogP contribution in [0.4, 0.5) is 13.2 Å². The lowest BCUT2D eigenvalue weighted by molar-refractivity contribution is -0.160. The molecule has 0 fully saturated rings. The lowest BCUT2D eigenvalue weighted by Gasteiger charge is -2.24. The molecule has 1 aromatic carbocycles. The normalized spacial score (nSPS) is 10.7. The molecule has 0 aliphatic carbocycles. The van der Waals surface area contributed by atoms with Crippen LogP contribution >= 0.6 is 12.4 Å². The molecule has 5 nitrogen and oxygen atoms in total. The van der Waals surface area contributed by atoms with Gasteiger partial charge in [0.2, 0.25) is 11.8 Å². The lowest BCUT2D eigenvalue weighted by Crippen LogP contribution is -2.46. The van der Waals surface area contributed by atoms with E-state index in [1.165, 1.54) is 0 Å². The van der Waals surface area contributed by atoms with Gasteiger partial charge in [0.15, 0.2) is 0 Å². The molecule has 0 saturated heterocycles. The maximum Gasteiger partial charge on any atom is 0.406 e. The number of nitrogens with zero attached hydrogens (tertiary/aromatic N) is 1. The third-order valence-electron chi connectivity index (χ3n) is 3.14. The van der Waals surface area contributed by atoms with Crippen LogP contribution in [0, 0.1) is 6.92 Å². The summed E-state index contributed by atoms with van der Waals surface area (Å²) in [6.07, 6.45) is -4.20. The van der Waals surface area contributed by atoms with Crippen molar-refractivity contribution in [2.75, 3.05) is 26.2 Å². The smallest absolute Gasteiger partial charge is 0.346 e. The summed E-state index contributed by atoms with van der Waals surface area (Å²) in [5.74, 6) is -1.39. The van der Waals surface area contributed by atoms with Crippen LogP contribution in [-0.4, -0.2) is 49.1 Å². The Morgan fingerprint density at radius 2 is 1.79 bits per heavy atom. The summed E-state index contributed by atoms with van der Waals surface area (Å²) in [4.78, 5) is 23.6. The number of carbonyl (C=O) groups is 2. The zero-order valence-corrected chi connectivity index (χ0v) is 14.0. The van der Waals surface area contributed by atoms with Gasteiger partial charge in [0, 0.05) is 6.54 Å². The fourth-order valence-electron chi connectivity index (χ4n) is 1.89. The van der Waals surface area contributed by atoms with Gasteiger partial charge < -0.3 is 16.0 Å². The van der Waals surface area contributed by atoms with Crippen LogP contribution in [0.25, 0.3) is 0 Å². The van der Waals surface area contributed by atoms with E-state index in [0.29, 0.717) is 11.3 Å². The maximum absolute atomic E-state index is 12.6. The highest BCUT2D eigenvalue weighted by Gasteiger charge is 2.32. The summed E-state index contributed by atoms with van der Waals surface area (Å²) in [5.41, 5.74) is 6.94. The molecule has 0 radical (unpaired) electrons. The van der Waals surface area contributed by atoms with Crippen molar-refractivity contribution in [3.8, 4) is 0 Å². The van der Waals surface area contributed by atoms with Crippen molar-refractivity contribution in [2.24, 2.45) is 5.73 Å². The van der Waals surface area contributed by atoms with E-state index in [1.54, 1.807) is 0 Å². The fourth-order valence-corrected chi connectivity index (χ4v) is 1.89. The predicted octanol–water partition coefficient (Wildman–Crippen LogP) is 1.43. The number of aryl methyl sites for hydroxylation is 1. The minimum atomic E-state index is -4.50. The predicted molar refractivity (Wildman–Crippen MR) is 86.8 cm³/mol. The first kappa shape index (κ1) is 22.2. The first-order chi connectivity index (χ1) is 10.7. The van der Waals surface area contributed by atoms with Crippen molar-refractivity contribution in [2.45, 2.75) is 19.5 Å². The largest absolute Gasteiger partial charge is 0.406 e. The molecule has 1 aromatic rings. The highest BCUT2D eigenvalue weighted by Crippen LogP contribution is 2.17. The van der Waals surface area contributed by atoms with Crippen molar-refractivity contribution in [3.05, 3.63) is 35.4 Å². The van der Waals surface area contributed by atoms with Gasteiger partial charge in [-0.25, -0.2) is 0 Å². The van der Waals surface area contributed by atoms with Gasteiger partial charge in [-0.15, -0.1) is 12.4 Å². The van der Waals surface area contributed by atoms with Gasteiger partial charge in [0.05, 0.1) is 13.1 Å². The van der Waals surface area contributed by atoms with E-state index < -0.39 is 31.1 Å². The molecule has 24 heavy (non-hydrogen) atoms. The fraction of sp³-hybridized carbons (Fsp3) is 0.467. The molecule has 2 amide bonds. The minimum absolute atomic E-state index is 0. The van der Waals surface area contributed by atoms with Crippen LogP contribution in [-0.2, 0) is 16.0 Å². The Bertz CT molecular complexity index is 536. The maximum atomic E-state index is 12.6. The molecule has 0 aliphatic rings. The molecule has 0 spiro atoms. The zero-order valence-electron chi connectivity index (χ0n) is 13.2. The van der Waals surface area contributed by atoms with E-state index in [9.17, 15) is 22.8 Å². The number of benzene rings is 1. The van der Waals surface area contributed by atoms with Gasteiger partial charge in [-0.1, -0.05) is 29.8 Å². The van der Waals surface area contributed by atoms with Gasteiger partial charge >= 0.3 is 6.18 Å². The molecule has 3 N–H and O–H groups in total. The molecule has 0 saturated carbocycles. The molecular weight excluding hydrogens is 347 g/mol. The molecular formula is C15H21ClF3N3O2. The topological polar surface area (TPSA) is 75.4 Å². The number of amides is 2. The summed E-state index contributed by atoms with van der Waals surface area (Å²) in [5, 5.41) is 2.18. The Morgan fingerprint density at radius 3 is 2.29 bits per heavy atom. The number of nitrogens with two attached hydrogens (primary N) is 1. The first-order valence-corrected chi connectivity index (χ1v) is 7.08. The van der Waals surface area contributed by atoms with Gasteiger partial charge in [-0.05, 0) is 18.9 Å². The van der Waals surface area contributed by atoms with E-state index in [4.69, 9.17) is 5.73 Å². The summed E-state index contributed by atoms with van der Waals surface area (Å²) in [7, 11) is 0. The van der Waals surface area contributed by atoms with Crippen LogP contribution in [0.15, 0.2) is 24.3 Å². The molecule has 0 aliphatic heterocycles. The van der Waals surface area contributed by atoms with Crippen LogP contribution in [0.5, 0.6) is 0 Å². The number of carbonyl (C=O) groups excluding carboxylic acids is 2. The monoisotopic (exact) mass is 367 g/mol. The van der Waals surface area contributed by atoms with Gasteiger partial charge in [0.25, 0.3) is 0 Å². The highest BCUT2D eigenvalue weighted by atomic mass is 35.5. The Kier molecular flexibility index (Phi) is 9.38. The van der Waals surface area contributed by atoms with E-state index >= 15 is 0 Å². The summed E-state index contributed by atoms with van der Waals surface area (Å²) >= 11 is 0. The SMILES string of the molecule is Cc1ccc(CCN(CC(F)(F)F)C(=O)CNC(=O)CN)cc1.Cl. The van der Waals surface area contributed by atoms with Crippen LogP contribution < -0.4 is 11.1 Å². The molecule has 0 aromatic heterocycles. The number of halogens is 4. The van der Waals surface area contributed by atoms with Crippen molar-refractivity contribution in [3.63, 3.8) is 0 Å². The van der Waals surface area contributed by atoms with Gasteiger partial charge in [0.1, 0.15) is 6.54 Å². The Morgan fingerprint density at radius 1 is 1.21 bits per heavy atom. The van der Waals surface area contributed by atoms with Gasteiger partial charge in [-0.3, -0.25) is 9.59 Å². The lowest BCUT2D eigenvalue weighted by atomic mass is 10.1. The number of alkyl halides is 3. The summed E-state index contributed by atoms with van der Waals surface area (Å²) < 4.78 is 37.8. The summed E-state index contributed by atoms with van der Waals surface area (Å²) in [6.45, 7) is -0.352. The average Bonchev–Trinajstić information content (AvgIpc) is 2.49. The Hall–Kier alpha value is -1.80. The van der Waals surface area contributed by atoms with Crippen LogP contribution in [0.1, 0.15) is 11.1 Å². The zero-order chi connectivity index (χ0) is 17.5. The second kappa shape index (κ2) is 10.1. The van der Waals surface area contributed by atoms with E-state index in [1.807, 2.05) is 31.2 Å². The van der Waals surface area contributed by atoms with Crippen LogP contribution in [0.3, 0.4) is 0 Å². The first-order valence-electron chi connectivity index (χ1n) is 7.08. The van der Waals surface area contributed by atoms with E-state index in [-0.39, 0.29) is 25.5 Å². The van der Waals surface area contributed by atoms with E-state index in [0.717, 1.165) is 11.1 Å². The van der Waals surface area contributed by atoms with Crippen molar-refractivity contribution < 1.29 is 22.8 Å². The molecule has 0 bridgehead atoms. The third kappa shape index (κ3) is 8.73. The molecule has 136 valence electrons. The second-order valence-corrected chi connectivity index (χ2v) is 5.15. The van der Waals surface area contributed by atoms with Crippen molar-refractivity contribution in [1.29, 1.82) is 0 Å². The Balaban J connectivity index is 0.00000529. The number of hydrogen-bond donors (Lipinski definition) is 2. The molecule has 1 rings (SSSR count). The molecule has 0 unspecified atom stereocenters. The van der Waals surface area contributed by atoms with E-state index in [2.05, 4.69) is 5.32 Å². The van der Waals surface area contributed by atoms with Gasteiger partial charge in [-0.2, -0.15) is 13.2 Å². The number of nitrogens with one attached hydrogen (secondary N) is 1. The van der Waals surface area contributed by atoms with Crippen molar-refractivity contribution >= 4 is 24.2 Å². The third-order valence-corrected chi connectivity index (χ3v) is 3.14. The Labute approximate surface area is 144 Å². The molecule has 0 atom stereocenters. The molecule has 9 heteroatoms. The standard InChI is InChI=1S/C15H20F3N3O2.ClH/c1-11-2-4-12(5-3-11)6-7-21(10-15(16,17)18)14(23)9-20-13(22)8-19;/h2-5H,6-10,19H2,1H3,(H,20,22);1H. The number of rotatable bonds is 7. The highest BCUT2D eigenvalue weighted by molar-refractivity contribution is 5.85. The molecule has 0 heterocycles. The van der Waals surface area contributed by atoms with Crippen molar-refractivity contribution in [1.82, 2.24) is 10.2 Å². The summed E-state index contributed by atoms with van der Waals surface area (Å²) in [6, 6.07) is 7.32. The number of hydrogen-bond acceptors (Lipinski definition) is 3.